The van der Waals surface area contributed by atoms with Crippen LogP contribution in [0.4, 0.5) is 19.1 Å². The van der Waals surface area contributed by atoms with Crippen LogP contribution in [0.3, 0.4) is 0 Å². The Morgan fingerprint density at radius 3 is 2.48 bits per heavy atom. The van der Waals surface area contributed by atoms with Gasteiger partial charge in [-0.05, 0) is 29.2 Å². The van der Waals surface area contributed by atoms with E-state index in [1.54, 1.807) is 0 Å². The van der Waals surface area contributed by atoms with Crippen LogP contribution < -0.4 is 5.32 Å². The maximum Gasteiger partial charge on any atom is 0.490 e. The fourth-order valence-corrected chi connectivity index (χ4v) is 1.67. The average molecular weight is 329 g/mol. The molecule has 2 rings (SSSR count). The minimum Gasteiger partial charge on any atom is -0.390 e. The van der Waals surface area contributed by atoms with Crippen molar-refractivity contribution in [3.63, 3.8) is 0 Å². The number of amides is 1. The van der Waals surface area contributed by atoms with Crippen molar-refractivity contribution >= 4 is 11.9 Å². The smallest absolute Gasteiger partial charge is 0.390 e. The van der Waals surface area contributed by atoms with Crippen LogP contribution in [0.25, 0.3) is 0 Å². The maximum atomic E-state index is 12.4. The molecule has 23 heavy (non-hydrogen) atoms. The lowest BCUT2D eigenvalue weighted by atomic mass is 10.1. The molecule has 1 amide bonds. The average Bonchev–Trinajstić information content (AvgIpc) is 2.95. The Morgan fingerprint density at radius 1 is 1.30 bits per heavy atom. The predicted octanol–water partition coefficient (Wildman–Crippen LogP) is 1.64. The van der Waals surface area contributed by atoms with Gasteiger partial charge >= 0.3 is 12.1 Å². The first-order valence-electron chi connectivity index (χ1n) is 6.26. The van der Waals surface area contributed by atoms with Crippen LogP contribution in [0, 0.1) is 10.1 Å². The molecule has 0 atom stereocenters. The monoisotopic (exact) mass is 329 g/mol. The second kappa shape index (κ2) is 6.42. The number of rotatable bonds is 5. The molecule has 0 saturated heterocycles. The summed E-state index contributed by atoms with van der Waals surface area (Å²) in [7, 11) is 0. The van der Waals surface area contributed by atoms with Crippen molar-refractivity contribution in [3.8, 4) is 0 Å². The Labute approximate surface area is 127 Å². The number of carbonyl (C=O) groups excluding carboxylic acids is 1. The summed E-state index contributed by atoms with van der Waals surface area (Å²) >= 11 is 0. The fraction of sp³-hybridized carbons (Fsp3) is 0.250. The van der Waals surface area contributed by atoms with Crippen LogP contribution in [0.2, 0.25) is 0 Å². The van der Waals surface area contributed by atoms with E-state index < -0.39 is 28.5 Å². The second-order valence-electron chi connectivity index (χ2n) is 4.40. The Morgan fingerprint density at radius 2 is 1.96 bits per heavy atom. The van der Waals surface area contributed by atoms with Crippen molar-refractivity contribution in [2.24, 2.45) is 0 Å². The van der Waals surface area contributed by atoms with Crippen molar-refractivity contribution in [2.75, 3.05) is 6.54 Å². The van der Waals surface area contributed by atoms with Gasteiger partial charge in [0.25, 0.3) is 5.91 Å². The van der Waals surface area contributed by atoms with Gasteiger partial charge in [-0.3, -0.25) is 4.79 Å². The Bertz CT molecular complexity index is 711. The van der Waals surface area contributed by atoms with Gasteiger partial charge in [0.2, 0.25) is 6.33 Å². The number of alkyl halides is 3. The zero-order valence-electron chi connectivity index (χ0n) is 11.4. The molecule has 2 aromatic rings. The van der Waals surface area contributed by atoms with Gasteiger partial charge in [-0.1, -0.05) is 4.98 Å². The first-order chi connectivity index (χ1) is 10.8. The number of nitrogens with zero attached hydrogens (tertiary/aromatic N) is 4. The normalized spacial score (nSPS) is 11.3. The third-order valence-electron chi connectivity index (χ3n) is 2.79. The van der Waals surface area contributed by atoms with Crippen LogP contribution >= 0.6 is 0 Å². The highest BCUT2D eigenvalue weighted by atomic mass is 19.4. The molecule has 122 valence electrons. The first kappa shape index (κ1) is 16.4. The zero-order valence-corrected chi connectivity index (χ0v) is 11.4. The number of nitro groups is 1. The van der Waals surface area contributed by atoms with Crippen molar-refractivity contribution in [3.05, 3.63) is 51.8 Å². The van der Waals surface area contributed by atoms with Crippen LogP contribution in [0.1, 0.15) is 15.9 Å². The van der Waals surface area contributed by atoms with E-state index in [2.05, 4.69) is 15.4 Å². The molecule has 11 heteroatoms. The molecule has 0 aliphatic heterocycles. The van der Waals surface area contributed by atoms with Crippen molar-refractivity contribution in [2.45, 2.75) is 12.7 Å². The molecule has 1 aromatic heterocycles. The molecule has 0 unspecified atom stereocenters. The molecular weight excluding hydrogens is 319 g/mol. The Balaban J connectivity index is 1.88. The largest absolute Gasteiger partial charge is 0.490 e. The highest BCUT2D eigenvalue weighted by molar-refractivity contribution is 5.94. The third kappa shape index (κ3) is 4.25. The third-order valence-corrected chi connectivity index (χ3v) is 2.79. The van der Waals surface area contributed by atoms with Gasteiger partial charge in [0.1, 0.15) is 0 Å². The van der Waals surface area contributed by atoms with Crippen LogP contribution in [0.5, 0.6) is 0 Å². The number of halogens is 3. The lowest BCUT2D eigenvalue weighted by molar-refractivity contribution is -0.394. The Kier molecular flexibility index (Phi) is 4.57. The van der Waals surface area contributed by atoms with Gasteiger partial charge < -0.3 is 15.4 Å². The molecule has 1 heterocycles. The van der Waals surface area contributed by atoms with Gasteiger partial charge in [-0.2, -0.15) is 17.9 Å². The maximum absolute atomic E-state index is 12.4. The van der Waals surface area contributed by atoms with E-state index in [0.29, 0.717) is 0 Å². The van der Waals surface area contributed by atoms with Gasteiger partial charge in [-0.15, -0.1) is 0 Å². The standard InChI is InChI=1S/C12H10F3N5O3/c13-12(14,15)9-3-1-8(2-4-9)10(21)16-5-6-19-7-17-11(18-19)20(22)23/h1-4,7H,5-6H2,(H,16,21). The minimum atomic E-state index is -4.46. The summed E-state index contributed by atoms with van der Waals surface area (Å²) in [6.45, 7) is 0.216. The summed E-state index contributed by atoms with van der Waals surface area (Å²) in [5.74, 6) is -1.12. The van der Waals surface area contributed by atoms with Crippen LogP contribution in [-0.2, 0) is 12.7 Å². The van der Waals surface area contributed by atoms with Gasteiger partial charge in [0, 0.05) is 17.2 Å². The number of hydrogen-bond acceptors (Lipinski definition) is 5. The summed E-state index contributed by atoms with van der Waals surface area (Å²) < 4.78 is 38.4. The van der Waals surface area contributed by atoms with E-state index in [9.17, 15) is 28.1 Å². The molecule has 8 nitrogen and oxygen atoms in total. The number of benzene rings is 1. The van der Waals surface area contributed by atoms with E-state index in [-0.39, 0.29) is 18.7 Å². The molecule has 0 saturated carbocycles. The number of hydrogen-bond donors (Lipinski definition) is 1. The molecule has 0 fully saturated rings. The fourth-order valence-electron chi connectivity index (χ4n) is 1.67. The van der Waals surface area contributed by atoms with Crippen LogP contribution in [0.15, 0.2) is 30.6 Å². The quantitative estimate of drug-likeness (QED) is 0.663. The molecule has 0 spiro atoms. The molecular formula is C12H10F3N5O3. The summed E-state index contributed by atoms with van der Waals surface area (Å²) in [6.07, 6.45) is -3.32. The lowest BCUT2D eigenvalue weighted by Crippen LogP contribution is -2.27. The van der Waals surface area contributed by atoms with Crippen molar-refractivity contribution < 1.29 is 22.9 Å². The van der Waals surface area contributed by atoms with Gasteiger partial charge in [-0.25, -0.2) is 0 Å². The van der Waals surface area contributed by atoms with E-state index in [1.807, 2.05) is 0 Å². The number of carbonyl (C=O) groups is 1. The lowest BCUT2D eigenvalue weighted by Gasteiger charge is -2.08. The number of nitrogens with one attached hydrogen (secondary N) is 1. The van der Waals surface area contributed by atoms with E-state index in [0.717, 1.165) is 30.6 Å². The molecule has 0 aliphatic rings. The summed E-state index contributed by atoms with van der Waals surface area (Å²) in [6, 6.07) is 3.77. The molecule has 1 aromatic carbocycles. The van der Waals surface area contributed by atoms with Gasteiger partial charge in [0.05, 0.1) is 12.1 Å². The van der Waals surface area contributed by atoms with Gasteiger partial charge in [0.15, 0.2) is 0 Å². The second-order valence-corrected chi connectivity index (χ2v) is 4.40. The van der Waals surface area contributed by atoms with E-state index >= 15 is 0 Å². The number of aromatic nitrogens is 3. The highest BCUT2D eigenvalue weighted by Gasteiger charge is 2.30. The van der Waals surface area contributed by atoms with Crippen molar-refractivity contribution in [1.29, 1.82) is 0 Å². The minimum absolute atomic E-state index is 0.0718. The topological polar surface area (TPSA) is 103 Å². The van der Waals surface area contributed by atoms with Crippen LogP contribution in [-0.4, -0.2) is 32.1 Å². The SMILES string of the molecule is O=C(NCCn1cnc([N+](=O)[O-])n1)c1ccc(C(F)(F)F)cc1. The zero-order chi connectivity index (χ0) is 17.0. The predicted molar refractivity (Wildman–Crippen MR) is 70.5 cm³/mol. The molecule has 0 bridgehead atoms. The van der Waals surface area contributed by atoms with Crippen molar-refractivity contribution in [1.82, 2.24) is 20.1 Å². The summed E-state index contributed by atoms with van der Waals surface area (Å²) in [5.41, 5.74) is -0.772. The molecule has 1 N–H and O–H groups in total. The highest BCUT2D eigenvalue weighted by Crippen LogP contribution is 2.28. The summed E-state index contributed by atoms with van der Waals surface area (Å²) in [4.78, 5) is 24.8. The summed E-state index contributed by atoms with van der Waals surface area (Å²) in [5, 5.41) is 16.4. The van der Waals surface area contributed by atoms with E-state index in [1.165, 1.54) is 4.68 Å². The molecule has 0 aliphatic carbocycles. The Hall–Kier alpha value is -2.98. The molecule has 0 radical (unpaired) electrons. The van der Waals surface area contributed by atoms with E-state index in [4.69, 9.17) is 0 Å². The first-order valence-corrected chi connectivity index (χ1v) is 6.26.